The number of aromatic amines is 1. The molecule has 12 heteroatoms. The lowest BCUT2D eigenvalue weighted by atomic mass is 9.69. The Labute approximate surface area is 208 Å². The molecule has 0 bridgehead atoms. The van der Waals surface area contributed by atoms with E-state index in [4.69, 9.17) is 9.90 Å². The number of rotatable bonds is 5. The lowest BCUT2D eigenvalue weighted by Crippen LogP contribution is -2.40. The third-order valence-corrected chi connectivity index (χ3v) is 5.98. The van der Waals surface area contributed by atoms with Crippen molar-refractivity contribution in [2.75, 3.05) is 6.54 Å². The van der Waals surface area contributed by atoms with Gasteiger partial charge < -0.3 is 15.5 Å². The van der Waals surface area contributed by atoms with Crippen molar-refractivity contribution in [2.24, 2.45) is 5.10 Å². The number of carboxylic acids is 1. The minimum absolute atomic E-state index is 0.176. The van der Waals surface area contributed by atoms with Crippen LogP contribution in [0.15, 0.2) is 72.5 Å². The van der Waals surface area contributed by atoms with Gasteiger partial charge in [0.15, 0.2) is 0 Å². The van der Waals surface area contributed by atoms with Gasteiger partial charge in [-0.2, -0.15) is 23.5 Å². The first kappa shape index (κ1) is 25.3. The zero-order chi connectivity index (χ0) is 26.5. The van der Waals surface area contributed by atoms with Crippen molar-refractivity contribution in [3.63, 3.8) is 0 Å². The molecule has 9 nitrogen and oxygen atoms in total. The zero-order valence-electron chi connectivity index (χ0n) is 19.1. The Balaban J connectivity index is 0.000000405. The largest absolute Gasteiger partial charge is 0.490 e. The normalized spacial score (nSPS) is 17.4. The Kier molecular flexibility index (Phi) is 7.15. The molecule has 0 aliphatic carbocycles. The summed E-state index contributed by atoms with van der Waals surface area (Å²) in [5.41, 5.74) is 7.22. The van der Waals surface area contributed by atoms with Gasteiger partial charge in [0.2, 0.25) is 0 Å². The topological polar surface area (TPSA) is 140 Å². The van der Waals surface area contributed by atoms with E-state index in [1.165, 1.54) is 0 Å². The van der Waals surface area contributed by atoms with Gasteiger partial charge in [-0.05, 0) is 23.3 Å². The van der Waals surface area contributed by atoms with Crippen LogP contribution in [0, 0.1) is 11.3 Å². The molecule has 4 aromatic rings. The summed E-state index contributed by atoms with van der Waals surface area (Å²) in [7, 11) is 0. The molecule has 188 valence electrons. The molecule has 3 N–H and O–H groups in total. The van der Waals surface area contributed by atoms with Crippen molar-refractivity contribution in [1.29, 1.82) is 5.26 Å². The monoisotopic (exact) mass is 507 g/mol. The number of benzene rings is 1. The number of hydrazone groups is 1. The van der Waals surface area contributed by atoms with Crippen molar-refractivity contribution in [3.05, 3.63) is 78.6 Å². The standard InChI is InChI=1S/C23H19N7.C2HF3O2/c24-8-6-20(18-10-17(11-25-12-18)16-4-2-1-3-5-16)23(13-29-30-14-23)21-19-7-9-26-22(19)28-15-27-21;3-2(4,5)1(6)7/h1-5,7,9-13,15,20,30H,6,14H2,(H,26,27,28);(H,6,7). The van der Waals surface area contributed by atoms with Crippen molar-refractivity contribution in [2.45, 2.75) is 23.9 Å². The average Bonchev–Trinajstić information content (AvgIpc) is 3.58. The molecule has 3 aromatic heterocycles. The molecule has 1 aliphatic rings. The molecule has 0 fully saturated rings. The number of nitriles is 1. The lowest BCUT2D eigenvalue weighted by Gasteiger charge is -2.33. The second-order valence-corrected chi connectivity index (χ2v) is 8.19. The van der Waals surface area contributed by atoms with E-state index in [0.29, 0.717) is 13.0 Å². The number of aromatic nitrogens is 4. The quantitative estimate of drug-likeness (QED) is 0.368. The molecule has 0 spiro atoms. The number of alkyl halides is 3. The van der Waals surface area contributed by atoms with E-state index >= 15 is 0 Å². The van der Waals surface area contributed by atoms with Crippen LogP contribution in [0.25, 0.3) is 22.2 Å². The van der Waals surface area contributed by atoms with Crippen LogP contribution in [0.3, 0.4) is 0 Å². The fourth-order valence-corrected chi connectivity index (χ4v) is 4.27. The highest BCUT2D eigenvalue weighted by molar-refractivity contribution is 5.87. The third-order valence-electron chi connectivity index (χ3n) is 5.98. The molecule has 2 unspecified atom stereocenters. The highest BCUT2D eigenvalue weighted by Crippen LogP contribution is 2.43. The van der Waals surface area contributed by atoms with Gasteiger partial charge in [-0.25, -0.2) is 14.8 Å². The molecule has 0 saturated heterocycles. The first-order chi connectivity index (χ1) is 17.8. The Hall–Kier alpha value is -4.79. The molecular weight excluding hydrogens is 487 g/mol. The van der Waals surface area contributed by atoms with Gasteiger partial charge in [0.25, 0.3) is 0 Å². The molecular formula is C25H20F3N7O2. The summed E-state index contributed by atoms with van der Waals surface area (Å²) in [5, 5.41) is 22.1. The Morgan fingerprint density at radius 3 is 2.57 bits per heavy atom. The molecule has 0 saturated carbocycles. The van der Waals surface area contributed by atoms with Gasteiger partial charge in [-0.15, -0.1) is 0 Å². The molecule has 2 atom stereocenters. The number of aliphatic carboxylic acids is 1. The Morgan fingerprint density at radius 1 is 1.16 bits per heavy atom. The van der Waals surface area contributed by atoms with Gasteiger partial charge in [0.1, 0.15) is 12.0 Å². The minimum atomic E-state index is -5.08. The van der Waals surface area contributed by atoms with E-state index < -0.39 is 17.6 Å². The lowest BCUT2D eigenvalue weighted by molar-refractivity contribution is -0.192. The van der Waals surface area contributed by atoms with Gasteiger partial charge >= 0.3 is 12.1 Å². The summed E-state index contributed by atoms with van der Waals surface area (Å²) in [5.74, 6) is -2.93. The van der Waals surface area contributed by atoms with Crippen LogP contribution >= 0.6 is 0 Å². The number of halogens is 3. The highest BCUT2D eigenvalue weighted by atomic mass is 19.4. The van der Waals surface area contributed by atoms with Gasteiger partial charge in [-0.1, -0.05) is 30.3 Å². The van der Waals surface area contributed by atoms with Crippen molar-refractivity contribution >= 4 is 23.2 Å². The number of fused-ring (bicyclic) bond motifs is 1. The number of hydrogen-bond acceptors (Lipinski definition) is 7. The summed E-state index contributed by atoms with van der Waals surface area (Å²) >= 11 is 0. The number of pyridine rings is 1. The number of carboxylic acid groups (broad SMARTS) is 1. The van der Waals surface area contributed by atoms with Crippen LogP contribution in [0.4, 0.5) is 13.2 Å². The molecule has 4 heterocycles. The molecule has 0 radical (unpaired) electrons. The summed E-state index contributed by atoms with van der Waals surface area (Å²) in [6.07, 6.45) is 4.22. The fourth-order valence-electron chi connectivity index (χ4n) is 4.27. The smallest absolute Gasteiger partial charge is 0.475 e. The van der Waals surface area contributed by atoms with Crippen LogP contribution in [0.2, 0.25) is 0 Å². The Morgan fingerprint density at radius 2 is 1.92 bits per heavy atom. The summed E-state index contributed by atoms with van der Waals surface area (Å²) < 4.78 is 31.7. The van der Waals surface area contributed by atoms with Crippen LogP contribution in [-0.2, 0) is 10.2 Å². The summed E-state index contributed by atoms with van der Waals surface area (Å²) in [6.45, 7) is 0.548. The molecule has 37 heavy (non-hydrogen) atoms. The fraction of sp³-hybridized carbons (Fsp3) is 0.200. The van der Waals surface area contributed by atoms with Crippen molar-refractivity contribution in [3.8, 4) is 17.2 Å². The number of H-pyrrole nitrogens is 1. The van der Waals surface area contributed by atoms with Crippen LogP contribution in [0.5, 0.6) is 0 Å². The van der Waals surface area contributed by atoms with Crippen LogP contribution in [0.1, 0.15) is 23.6 Å². The molecule has 0 amide bonds. The molecule has 1 aliphatic heterocycles. The van der Waals surface area contributed by atoms with Gasteiger partial charge in [0, 0.05) is 54.6 Å². The first-order valence-electron chi connectivity index (χ1n) is 11.0. The van der Waals surface area contributed by atoms with Crippen LogP contribution in [-0.4, -0.2) is 49.9 Å². The number of nitrogens with one attached hydrogen (secondary N) is 2. The zero-order valence-corrected chi connectivity index (χ0v) is 19.1. The van der Waals surface area contributed by atoms with E-state index in [-0.39, 0.29) is 5.92 Å². The maximum Gasteiger partial charge on any atom is 0.490 e. The predicted octanol–water partition coefficient (Wildman–Crippen LogP) is 4.18. The predicted molar refractivity (Wildman–Crippen MR) is 128 cm³/mol. The maximum atomic E-state index is 10.6. The summed E-state index contributed by atoms with van der Waals surface area (Å²) in [6, 6.07) is 16.6. The second-order valence-electron chi connectivity index (χ2n) is 8.19. The molecule has 1 aromatic carbocycles. The molecule has 5 rings (SSSR count). The van der Waals surface area contributed by atoms with E-state index in [1.54, 1.807) is 6.33 Å². The number of nitrogens with zero attached hydrogens (tertiary/aromatic N) is 5. The third kappa shape index (κ3) is 5.25. The van der Waals surface area contributed by atoms with Crippen molar-refractivity contribution in [1.82, 2.24) is 25.4 Å². The van der Waals surface area contributed by atoms with E-state index in [2.05, 4.69) is 54.7 Å². The SMILES string of the molecule is N#CCC(c1cncc(-c2ccccc2)c1)C1(c2ncnc3[nH]ccc23)C=NNC1.O=C(O)C(F)(F)F. The van der Waals surface area contributed by atoms with Gasteiger partial charge in [0.05, 0.1) is 17.2 Å². The van der Waals surface area contributed by atoms with Gasteiger partial charge in [-0.3, -0.25) is 4.98 Å². The second kappa shape index (κ2) is 10.4. The number of hydrogen-bond donors (Lipinski definition) is 3. The average molecular weight is 507 g/mol. The summed E-state index contributed by atoms with van der Waals surface area (Å²) in [4.78, 5) is 25.5. The Bertz CT molecular complexity index is 1460. The minimum Gasteiger partial charge on any atom is -0.475 e. The first-order valence-corrected chi connectivity index (χ1v) is 11.0. The van der Waals surface area contributed by atoms with E-state index in [0.717, 1.165) is 33.4 Å². The van der Waals surface area contributed by atoms with Crippen molar-refractivity contribution < 1.29 is 23.1 Å². The van der Waals surface area contributed by atoms with Crippen LogP contribution < -0.4 is 5.43 Å². The highest BCUT2D eigenvalue weighted by Gasteiger charge is 2.45. The van der Waals surface area contributed by atoms with E-state index in [1.807, 2.05) is 49.1 Å². The maximum absolute atomic E-state index is 10.6. The number of carbonyl (C=O) groups is 1. The van der Waals surface area contributed by atoms with E-state index in [9.17, 15) is 18.4 Å².